The monoisotopic (exact) mass is 189 g/mol. The first-order valence-electron chi connectivity index (χ1n) is 4.34. The minimum atomic E-state index is -0.0819. The summed E-state index contributed by atoms with van der Waals surface area (Å²) in [5.74, 6) is -0.0819. The molecule has 2 rings (SSSR count). The van der Waals surface area contributed by atoms with E-state index in [1.165, 1.54) is 4.90 Å². The van der Waals surface area contributed by atoms with Crippen molar-refractivity contribution >= 4 is 16.9 Å². The Kier molecular flexibility index (Phi) is 1.96. The number of fused-ring (bicyclic) bond motifs is 1. The van der Waals surface area contributed by atoms with Gasteiger partial charge in [0, 0.05) is 25.7 Å². The van der Waals surface area contributed by atoms with Gasteiger partial charge in [-0.25, -0.2) is 4.98 Å². The van der Waals surface area contributed by atoms with E-state index in [2.05, 4.69) is 9.97 Å². The SMILES string of the molecule is CN(C)C(=O)c1ccc2cc[nH]c2n1. The largest absolute Gasteiger partial charge is 0.346 e. The van der Waals surface area contributed by atoms with Crippen molar-refractivity contribution in [2.75, 3.05) is 14.1 Å². The Labute approximate surface area is 81.6 Å². The molecule has 0 aliphatic carbocycles. The van der Waals surface area contributed by atoms with Gasteiger partial charge in [0.1, 0.15) is 11.3 Å². The van der Waals surface area contributed by atoms with Gasteiger partial charge in [0.2, 0.25) is 0 Å². The van der Waals surface area contributed by atoms with Crippen molar-refractivity contribution in [2.45, 2.75) is 0 Å². The molecule has 0 fully saturated rings. The van der Waals surface area contributed by atoms with Gasteiger partial charge < -0.3 is 9.88 Å². The molecule has 4 nitrogen and oxygen atoms in total. The minimum absolute atomic E-state index is 0.0819. The number of carbonyl (C=O) groups is 1. The van der Waals surface area contributed by atoms with Crippen molar-refractivity contribution in [3.63, 3.8) is 0 Å². The quantitative estimate of drug-likeness (QED) is 0.734. The molecule has 14 heavy (non-hydrogen) atoms. The van der Waals surface area contributed by atoms with Crippen LogP contribution in [0.2, 0.25) is 0 Å². The van der Waals surface area contributed by atoms with Crippen LogP contribution in [0.25, 0.3) is 11.0 Å². The molecular weight excluding hydrogens is 178 g/mol. The number of aromatic nitrogens is 2. The average Bonchev–Trinajstić information content (AvgIpc) is 2.62. The maximum Gasteiger partial charge on any atom is 0.272 e. The summed E-state index contributed by atoms with van der Waals surface area (Å²) in [6.45, 7) is 0. The second-order valence-corrected chi connectivity index (χ2v) is 3.31. The summed E-state index contributed by atoms with van der Waals surface area (Å²) in [5, 5.41) is 1.01. The summed E-state index contributed by atoms with van der Waals surface area (Å²) in [4.78, 5) is 20.3. The highest BCUT2D eigenvalue weighted by molar-refractivity contribution is 5.94. The summed E-state index contributed by atoms with van der Waals surface area (Å²) in [7, 11) is 3.42. The van der Waals surface area contributed by atoms with E-state index in [-0.39, 0.29) is 5.91 Å². The van der Waals surface area contributed by atoms with E-state index in [1.54, 1.807) is 20.2 Å². The predicted octanol–water partition coefficient (Wildman–Crippen LogP) is 1.26. The van der Waals surface area contributed by atoms with Gasteiger partial charge in [0.05, 0.1) is 0 Å². The molecule has 0 aromatic carbocycles. The molecule has 0 radical (unpaired) electrons. The number of pyridine rings is 1. The third kappa shape index (κ3) is 1.35. The molecule has 0 spiro atoms. The summed E-state index contributed by atoms with van der Waals surface area (Å²) in [6.07, 6.45) is 1.81. The number of nitrogens with zero attached hydrogens (tertiary/aromatic N) is 2. The zero-order chi connectivity index (χ0) is 10.1. The standard InChI is InChI=1S/C10H11N3O/c1-13(2)10(14)8-4-3-7-5-6-11-9(7)12-8/h3-6H,1-2H3,(H,11,12). The molecule has 2 aromatic heterocycles. The third-order valence-corrected chi connectivity index (χ3v) is 2.03. The molecule has 0 aliphatic heterocycles. The molecule has 0 atom stereocenters. The van der Waals surface area contributed by atoms with Crippen LogP contribution in [0.4, 0.5) is 0 Å². The van der Waals surface area contributed by atoms with Gasteiger partial charge in [-0.15, -0.1) is 0 Å². The molecule has 0 saturated carbocycles. The van der Waals surface area contributed by atoms with E-state index >= 15 is 0 Å². The fraction of sp³-hybridized carbons (Fsp3) is 0.200. The van der Waals surface area contributed by atoms with Gasteiger partial charge >= 0.3 is 0 Å². The first-order valence-corrected chi connectivity index (χ1v) is 4.34. The van der Waals surface area contributed by atoms with E-state index in [4.69, 9.17) is 0 Å². The zero-order valence-electron chi connectivity index (χ0n) is 8.11. The van der Waals surface area contributed by atoms with E-state index in [9.17, 15) is 4.79 Å². The molecule has 1 N–H and O–H groups in total. The van der Waals surface area contributed by atoms with Gasteiger partial charge in [-0.3, -0.25) is 4.79 Å². The van der Waals surface area contributed by atoms with Crippen LogP contribution >= 0.6 is 0 Å². The molecule has 2 heterocycles. The molecule has 4 heteroatoms. The Morgan fingerprint density at radius 1 is 1.36 bits per heavy atom. The van der Waals surface area contributed by atoms with Crippen molar-refractivity contribution in [2.24, 2.45) is 0 Å². The van der Waals surface area contributed by atoms with Crippen LogP contribution in [0.15, 0.2) is 24.4 Å². The maximum atomic E-state index is 11.6. The van der Waals surface area contributed by atoms with Gasteiger partial charge in [-0.05, 0) is 18.2 Å². The Balaban J connectivity index is 2.48. The number of aromatic amines is 1. The molecule has 0 unspecified atom stereocenters. The van der Waals surface area contributed by atoms with E-state index in [1.807, 2.05) is 18.3 Å². The first-order chi connectivity index (χ1) is 6.68. The highest BCUT2D eigenvalue weighted by Crippen LogP contribution is 2.10. The molecule has 72 valence electrons. The van der Waals surface area contributed by atoms with Crippen molar-refractivity contribution in [1.29, 1.82) is 0 Å². The number of hydrogen-bond acceptors (Lipinski definition) is 2. The van der Waals surface area contributed by atoms with Crippen LogP contribution in [0, 0.1) is 0 Å². The van der Waals surface area contributed by atoms with Gasteiger partial charge in [0.25, 0.3) is 5.91 Å². The summed E-state index contributed by atoms with van der Waals surface area (Å²) in [5.41, 5.74) is 1.21. The van der Waals surface area contributed by atoms with Crippen LogP contribution in [0.3, 0.4) is 0 Å². The summed E-state index contributed by atoms with van der Waals surface area (Å²) in [6, 6.07) is 5.54. The van der Waals surface area contributed by atoms with Gasteiger partial charge in [-0.1, -0.05) is 0 Å². The molecule has 0 saturated heterocycles. The zero-order valence-corrected chi connectivity index (χ0v) is 8.11. The molecule has 0 bridgehead atoms. The third-order valence-electron chi connectivity index (χ3n) is 2.03. The van der Waals surface area contributed by atoms with Crippen molar-refractivity contribution in [3.8, 4) is 0 Å². The fourth-order valence-corrected chi connectivity index (χ4v) is 1.28. The Bertz CT molecular complexity index is 473. The lowest BCUT2D eigenvalue weighted by Crippen LogP contribution is -2.22. The Morgan fingerprint density at radius 2 is 2.14 bits per heavy atom. The number of carbonyl (C=O) groups excluding carboxylic acids is 1. The van der Waals surface area contributed by atoms with Crippen LogP contribution in [-0.4, -0.2) is 34.9 Å². The second kappa shape index (κ2) is 3.14. The number of nitrogens with one attached hydrogen (secondary N) is 1. The molecule has 2 aromatic rings. The summed E-state index contributed by atoms with van der Waals surface area (Å²) >= 11 is 0. The van der Waals surface area contributed by atoms with E-state index in [0.29, 0.717) is 5.69 Å². The minimum Gasteiger partial charge on any atom is -0.346 e. The van der Waals surface area contributed by atoms with Crippen molar-refractivity contribution in [3.05, 3.63) is 30.1 Å². The maximum absolute atomic E-state index is 11.6. The van der Waals surface area contributed by atoms with Crippen molar-refractivity contribution in [1.82, 2.24) is 14.9 Å². The topological polar surface area (TPSA) is 49.0 Å². The normalized spacial score (nSPS) is 10.4. The van der Waals surface area contributed by atoms with Crippen LogP contribution in [-0.2, 0) is 0 Å². The van der Waals surface area contributed by atoms with Crippen LogP contribution < -0.4 is 0 Å². The summed E-state index contributed by atoms with van der Waals surface area (Å²) < 4.78 is 0. The Morgan fingerprint density at radius 3 is 2.86 bits per heavy atom. The number of hydrogen-bond donors (Lipinski definition) is 1. The number of amides is 1. The highest BCUT2D eigenvalue weighted by atomic mass is 16.2. The molecular formula is C10H11N3O. The Hall–Kier alpha value is -1.84. The lowest BCUT2D eigenvalue weighted by molar-refractivity contribution is 0.0822. The average molecular weight is 189 g/mol. The van der Waals surface area contributed by atoms with Crippen LogP contribution in [0.1, 0.15) is 10.5 Å². The van der Waals surface area contributed by atoms with E-state index in [0.717, 1.165) is 11.0 Å². The molecule has 0 aliphatic rings. The lowest BCUT2D eigenvalue weighted by atomic mass is 10.3. The second-order valence-electron chi connectivity index (χ2n) is 3.31. The lowest BCUT2D eigenvalue weighted by Gasteiger charge is -2.08. The predicted molar refractivity (Wildman–Crippen MR) is 54.1 cm³/mol. The van der Waals surface area contributed by atoms with Crippen LogP contribution in [0.5, 0.6) is 0 Å². The number of H-pyrrole nitrogens is 1. The van der Waals surface area contributed by atoms with Gasteiger partial charge in [-0.2, -0.15) is 0 Å². The van der Waals surface area contributed by atoms with E-state index < -0.39 is 0 Å². The molecule has 1 amide bonds. The number of rotatable bonds is 1. The highest BCUT2D eigenvalue weighted by Gasteiger charge is 2.09. The fourth-order valence-electron chi connectivity index (χ4n) is 1.28. The van der Waals surface area contributed by atoms with Crippen molar-refractivity contribution < 1.29 is 4.79 Å². The van der Waals surface area contributed by atoms with Gasteiger partial charge in [0.15, 0.2) is 0 Å². The first kappa shape index (κ1) is 8.74. The smallest absolute Gasteiger partial charge is 0.272 e.